The summed E-state index contributed by atoms with van der Waals surface area (Å²) in [6.45, 7) is 6.58. The predicted molar refractivity (Wildman–Crippen MR) is 123 cm³/mol. The number of amidine groups is 1. The molecule has 0 bridgehead atoms. The molecule has 3 aromatic rings. The first kappa shape index (κ1) is 22.7. The highest BCUT2D eigenvalue weighted by Crippen LogP contribution is 2.37. The molecule has 0 saturated heterocycles. The number of rotatable bonds is 4. The SMILES string of the molecule is Cc1c(CCc2cc([C@]3(C)CS(=O)(=O)C(C)(C)C(N)=N3)c(F)cn2)nc2ccc(Cl)cn12. The van der Waals surface area contributed by atoms with Gasteiger partial charge in [0.1, 0.15) is 27.6 Å². The molecule has 0 aromatic carbocycles. The lowest BCUT2D eigenvalue weighted by Crippen LogP contribution is -2.55. The van der Waals surface area contributed by atoms with Crippen LogP contribution in [0, 0.1) is 12.7 Å². The van der Waals surface area contributed by atoms with E-state index in [-0.39, 0.29) is 17.2 Å². The van der Waals surface area contributed by atoms with Gasteiger partial charge in [-0.25, -0.2) is 17.8 Å². The Morgan fingerprint density at radius 1 is 1.25 bits per heavy atom. The molecule has 0 radical (unpaired) electrons. The van der Waals surface area contributed by atoms with Crippen molar-refractivity contribution in [3.8, 4) is 0 Å². The summed E-state index contributed by atoms with van der Waals surface area (Å²) in [5, 5.41) is 0.619. The van der Waals surface area contributed by atoms with Gasteiger partial charge in [0, 0.05) is 23.1 Å². The third-order valence-electron chi connectivity index (χ3n) is 6.26. The largest absolute Gasteiger partial charge is 0.386 e. The lowest BCUT2D eigenvalue weighted by atomic mass is 9.93. The van der Waals surface area contributed by atoms with Gasteiger partial charge in [0.25, 0.3) is 0 Å². The van der Waals surface area contributed by atoms with Gasteiger partial charge >= 0.3 is 0 Å². The van der Waals surface area contributed by atoms with Gasteiger partial charge in [0.2, 0.25) is 0 Å². The van der Waals surface area contributed by atoms with E-state index in [0.29, 0.717) is 23.6 Å². The zero-order valence-corrected chi connectivity index (χ0v) is 19.9. The molecule has 0 saturated carbocycles. The number of nitrogens with zero attached hydrogens (tertiary/aromatic N) is 4. The number of halogens is 2. The fourth-order valence-corrected chi connectivity index (χ4v) is 5.83. The van der Waals surface area contributed by atoms with Crippen molar-refractivity contribution in [1.29, 1.82) is 0 Å². The molecule has 4 heterocycles. The van der Waals surface area contributed by atoms with Crippen LogP contribution in [0.3, 0.4) is 0 Å². The molecular weight excluding hydrogens is 453 g/mol. The minimum absolute atomic E-state index is 0.0250. The van der Waals surface area contributed by atoms with E-state index in [4.69, 9.17) is 17.3 Å². The normalized spacial score (nSPS) is 22.1. The third-order valence-corrected chi connectivity index (χ3v) is 9.19. The number of hydrogen-bond acceptors (Lipinski definition) is 6. The summed E-state index contributed by atoms with van der Waals surface area (Å²) in [5.41, 5.74) is 8.11. The number of aryl methyl sites for hydroxylation is 3. The zero-order chi connectivity index (χ0) is 23.5. The molecule has 1 atom stereocenters. The predicted octanol–water partition coefficient (Wildman–Crippen LogP) is 3.39. The second-order valence-electron chi connectivity index (χ2n) is 8.92. The average Bonchev–Trinajstić information content (AvgIpc) is 3.01. The fraction of sp³-hybridized carbons (Fsp3) is 0.409. The van der Waals surface area contributed by atoms with Crippen molar-refractivity contribution in [2.45, 2.75) is 50.8 Å². The third kappa shape index (κ3) is 3.67. The number of pyridine rings is 2. The molecule has 4 rings (SSSR count). The van der Waals surface area contributed by atoms with Crippen LogP contribution in [-0.2, 0) is 28.2 Å². The van der Waals surface area contributed by atoms with E-state index < -0.39 is 25.9 Å². The van der Waals surface area contributed by atoms with E-state index in [1.54, 1.807) is 19.1 Å². The van der Waals surface area contributed by atoms with Crippen LogP contribution in [0.4, 0.5) is 4.39 Å². The molecule has 170 valence electrons. The van der Waals surface area contributed by atoms with E-state index in [1.165, 1.54) is 13.8 Å². The van der Waals surface area contributed by atoms with Gasteiger partial charge in [-0.3, -0.25) is 9.98 Å². The van der Waals surface area contributed by atoms with Crippen LogP contribution in [0.5, 0.6) is 0 Å². The van der Waals surface area contributed by atoms with Crippen molar-refractivity contribution in [3.63, 3.8) is 0 Å². The van der Waals surface area contributed by atoms with E-state index >= 15 is 0 Å². The monoisotopic (exact) mass is 477 g/mol. The van der Waals surface area contributed by atoms with Crippen LogP contribution in [0.2, 0.25) is 5.02 Å². The summed E-state index contributed by atoms with van der Waals surface area (Å²) < 4.78 is 41.1. The molecule has 0 amide bonds. The topological polar surface area (TPSA) is 103 Å². The number of fused-ring (bicyclic) bond motifs is 1. The van der Waals surface area contributed by atoms with Gasteiger partial charge in [-0.15, -0.1) is 0 Å². The van der Waals surface area contributed by atoms with Crippen molar-refractivity contribution in [1.82, 2.24) is 14.4 Å². The van der Waals surface area contributed by atoms with E-state index in [0.717, 1.165) is 23.2 Å². The number of aromatic nitrogens is 3. The van der Waals surface area contributed by atoms with Crippen LogP contribution < -0.4 is 5.73 Å². The molecule has 0 fully saturated rings. The van der Waals surface area contributed by atoms with Crippen LogP contribution in [0.1, 0.15) is 43.4 Å². The highest BCUT2D eigenvalue weighted by Gasteiger charge is 2.49. The molecule has 10 heteroatoms. The van der Waals surface area contributed by atoms with E-state index in [2.05, 4.69) is 15.0 Å². The molecule has 32 heavy (non-hydrogen) atoms. The lowest BCUT2D eigenvalue weighted by molar-refractivity contribution is 0.472. The van der Waals surface area contributed by atoms with Gasteiger partial charge in [-0.2, -0.15) is 0 Å². The molecule has 3 aromatic heterocycles. The number of aliphatic imine (C=N–C) groups is 1. The average molecular weight is 478 g/mol. The first-order valence-electron chi connectivity index (χ1n) is 10.2. The second-order valence-corrected chi connectivity index (χ2v) is 11.9. The maximum absolute atomic E-state index is 14.8. The molecule has 0 spiro atoms. The number of nitrogens with two attached hydrogens (primary N) is 1. The molecular formula is C22H25ClFN5O2S. The van der Waals surface area contributed by atoms with Gasteiger partial charge < -0.3 is 10.1 Å². The fourth-order valence-electron chi connectivity index (χ4n) is 3.98. The zero-order valence-electron chi connectivity index (χ0n) is 18.4. The summed E-state index contributed by atoms with van der Waals surface area (Å²) in [5.74, 6) is -0.968. The van der Waals surface area contributed by atoms with Crippen molar-refractivity contribution >= 4 is 32.9 Å². The van der Waals surface area contributed by atoms with Gasteiger partial charge in [0.05, 0.1) is 22.7 Å². The Bertz CT molecular complexity index is 1370. The van der Waals surface area contributed by atoms with Crippen LogP contribution in [0.15, 0.2) is 35.6 Å². The number of sulfone groups is 1. The summed E-state index contributed by atoms with van der Waals surface area (Å²) >= 11 is 6.08. The Labute approximate surface area is 191 Å². The maximum Gasteiger partial charge on any atom is 0.165 e. The Hall–Kier alpha value is -2.52. The van der Waals surface area contributed by atoms with Gasteiger partial charge in [-0.05, 0) is 58.7 Å². The summed E-state index contributed by atoms with van der Waals surface area (Å²) in [4.78, 5) is 13.3. The van der Waals surface area contributed by atoms with Crippen LogP contribution in [-0.4, -0.2) is 39.1 Å². The number of hydrogen-bond donors (Lipinski definition) is 1. The second kappa shape index (κ2) is 7.52. The first-order chi connectivity index (χ1) is 14.8. The first-order valence-corrected chi connectivity index (χ1v) is 12.2. The molecule has 0 aliphatic carbocycles. The lowest BCUT2D eigenvalue weighted by Gasteiger charge is -2.37. The summed E-state index contributed by atoms with van der Waals surface area (Å²) in [6, 6.07) is 5.22. The van der Waals surface area contributed by atoms with Crippen LogP contribution in [0.25, 0.3) is 5.65 Å². The Morgan fingerprint density at radius 3 is 2.66 bits per heavy atom. The summed E-state index contributed by atoms with van der Waals surface area (Å²) in [6.07, 6.45) is 4.01. The standard InChI is InChI=1S/C22H25ClFN5O2S/c1-13-18(27-19-8-5-14(23)11-29(13)19)7-6-15-9-16(17(24)10-26-15)22(4)12-32(30,31)21(2,3)20(25)28-22/h5,8-11H,6-7,12H2,1-4H3,(H2,25,28)/t22-/m0/s1. The Kier molecular flexibility index (Phi) is 5.33. The Morgan fingerprint density at radius 2 is 1.97 bits per heavy atom. The van der Waals surface area contributed by atoms with Crippen molar-refractivity contribution in [2.75, 3.05) is 5.75 Å². The molecule has 0 unspecified atom stereocenters. The molecule has 7 nitrogen and oxygen atoms in total. The Balaban J connectivity index is 1.66. The molecule has 2 N–H and O–H groups in total. The van der Waals surface area contributed by atoms with Crippen molar-refractivity contribution < 1.29 is 12.8 Å². The highest BCUT2D eigenvalue weighted by molar-refractivity contribution is 7.93. The molecule has 1 aliphatic rings. The smallest absolute Gasteiger partial charge is 0.165 e. The minimum atomic E-state index is -3.64. The quantitative estimate of drug-likeness (QED) is 0.620. The van der Waals surface area contributed by atoms with Gasteiger partial charge in [-0.1, -0.05) is 11.6 Å². The van der Waals surface area contributed by atoms with E-state index in [9.17, 15) is 12.8 Å². The minimum Gasteiger partial charge on any atom is -0.386 e. The summed E-state index contributed by atoms with van der Waals surface area (Å²) in [7, 11) is -3.64. The molecule has 1 aliphatic heterocycles. The highest BCUT2D eigenvalue weighted by atomic mass is 35.5. The number of imidazole rings is 1. The van der Waals surface area contributed by atoms with Gasteiger partial charge in [0.15, 0.2) is 9.84 Å². The van der Waals surface area contributed by atoms with Crippen molar-refractivity contribution in [2.24, 2.45) is 10.7 Å². The van der Waals surface area contributed by atoms with E-state index in [1.807, 2.05) is 23.6 Å². The van der Waals surface area contributed by atoms with Crippen LogP contribution >= 0.6 is 11.6 Å². The maximum atomic E-state index is 14.8. The van der Waals surface area contributed by atoms with Crippen molar-refractivity contribution in [3.05, 3.63) is 64.1 Å².